The third-order valence-corrected chi connectivity index (χ3v) is 5.64. The highest BCUT2D eigenvalue weighted by Gasteiger charge is 2.43. The summed E-state index contributed by atoms with van der Waals surface area (Å²) in [5, 5.41) is 18.4. The standard InChI is InChI=1S/C23H29NO4/c1-18(20-10-8-19(9-11-20)12-17-26)24-15-14-23(13-5-16-25,28-22(24)27)21-6-3-2-4-7-21/h2-4,6-11,18,25-26H,5,12-17H2,1H3/t18-,23?/m0/s1. The highest BCUT2D eigenvalue weighted by molar-refractivity contribution is 5.70. The van der Waals surface area contributed by atoms with Crippen LogP contribution in [-0.2, 0) is 16.8 Å². The van der Waals surface area contributed by atoms with E-state index in [9.17, 15) is 9.90 Å². The normalized spacial score (nSPS) is 20.7. The van der Waals surface area contributed by atoms with Gasteiger partial charge < -0.3 is 19.8 Å². The van der Waals surface area contributed by atoms with Crippen molar-refractivity contribution in [3.05, 3.63) is 71.3 Å². The molecule has 2 N–H and O–H groups in total. The Labute approximate surface area is 166 Å². The molecule has 1 fully saturated rings. The SMILES string of the molecule is C[C@@H](c1ccc(CCO)cc1)N1CCC(CCCO)(c2ccccc2)OC1=O. The second-order valence-corrected chi connectivity index (χ2v) is 7.39. The molecule has 1 aliphatic heterocycles. The maximum absolute atomic E-state index is 12.9. The molecule has 5 nitrogen and oxygen atoms in total. The summed E-state index contributed by atoms with van der Waals surface area (Å²) in [6, 6.07) is 17.7. The third kappa shape index (κ3) is 4.37. The van der Waals surface area contributed by atoms with Gasteiger partial charge in [0.2, 0.25) is 0 Å². The first-order chi connectivity index (χ1) is 13.6. The summed E-state index contributed by atoms with van der Waals surface area (Å²) in [6.07, 6.45) is 2.20. The van der Waals surface area contributed by atoms with E-state index in [1.165, 1.54) is 0 Å². The minimum absolute atomic E-state index is 0.0758. The molecule has 2 atom stereocenters. The van der Waals surface area contributed by atoms with E-state index in [-0.39, 0.29) is 25.3 Å². The molecule has 1 heterocycles. The summed E-state index contributed by atoms with van der Waals surface area (Å²) < 4.78 is 6.02. The largest absolute Gasteiger partial charge is 0.438 e. The molecule has 0 aliphatic carbocycles. The number of aliphatic hydroxyl groups is 2. The lowest BCUT2D eigenvalue weighted by molar-refractivity contribution is -0.0680. The van der Waals surface area contributed by atoms with Gasteiger partial charge >= 0.3 is 6.09 Å². The summed E-state index contributed by atoms with van der Waals surface area (Å²) in [6.45, 7) is 2.81. The summed E-state index contributed by atoms with van der Waals surface area (Å²) in [4.78, 5) is 14.7. The summed E-state index contributed by atoms with van der Waals surface area (Å²) >= 11 is 0. The number of carbonyl (C=O) groups excluding carboxylic acids is 1. The quantitative estimate of drug-likeness (QED) is 0.728. The van der Waals surface area contributed by atoms with Crippen LogP contribution in [0.1, 0.15) is 48.9 Å². The van der Waals surface area contributed by atoms with Crippen LogP contribution in [0, 0.1) is 0 Å². The van der Waals surface area contributed by atoms with Gasteiger partial charge in [0.1, 0.15) is 5.60 Å². The molecule has 0 spiro atoms. The van der Waals surface area contributed by atoms with Gasteiger partial charge in [-0.3, -0.25) is 0 Å². The van der Waals surface area contributed by atoms with Gasteiger partial charge in [-0.15, -0.1) is 0 Å². The molecule has 0 saturated carbocycles. The first kappa shape index (κ1) is 20.4. The van der Waals surface area contributed by atoms with Gasteiger partial charge in [-0.1, -0.05) is 54.6 Å². The molecule has 1 amide bonds. The van der Waals surface area contributed by atoms with Crippen LogP contribution in [0.3, 0.4) is 0 Å². The zero-order chi connectivity index (χ0) is 20.0. The molecule has 2 aromatic carbocycles. The number of carbonyl (C=O) groups is 1. The Morgan fingerprint density at radius 2 is 1.79 bits per heavy atom. The number of aliphatic hydroxyl groups excluding tert-OH is 2. The number of hydrogen-bond acceptors (Lipinski definition) is 4. The smallest absolute Gasteiger partial charge is 0.411 e. The van der Waals surface area contributed by atoms with E-state index in [1.54, 1.807) is 4.90 Å². The lowest BCUT2D eigenvalue weighted by atomic mass is 9.84. The van der Waals surface area contributed by atoms with Crippen LogP contribution in [0.2, 0.25) is 0 Å². The predicted octanol–water partition coefficient (Wildman–Crippen LogP) is 3.79. The number of nitrogens with zero attached hydrogens (tertiary/aromatic N) is 1. The Balaban J connectivity index is 1.76. The van der Waals surface area contributed by atoms with Crippen molar-refractivity contribution >= 4 is 6.09 Å². The minimum atomic E-state index is -0.678. The highest BCUT2D eigenvalue weighted by atomic mass is 16.6. The van der Waals surface area contributed by atoms with Crippen molar-refractivity contribution in [3.63, 3.8) is 0 Å². The van der Waals surface area contributed by atoms with Gasteiger partial charge in [0.15, 0.2) is 0 Å². The molecule has 28 heavy (non-hydrogen) atoms. The summed E-state index contributed by atoms with van der Waals surface area (Å²) in [7, 11) is 0. The van der Waals surface area contributed by atoms with Crippen LogP contribution in [0.25, 0.3) is 0 Å². The first-order valence-electron chi connectivity index (χ1n) is 9.95. The van der Waals surface area contributed by atoms with Crippen LogP contribution in [0.5, 0.6) is 0 Å². The minimum Gasteiger partial charge on any atom is -0.438 e. The molecule has 0 bridgehead atoms. The number of benzene rings is 2. The number of amides is 1. The van der Waals surface area contributed by atoms with Gasteiger partial charge in [0.05, 0.1) is 6.04 Å². The predicted molar refractivity (Wildman–Crippen MR) is 108 cm³/mol. The number of cyclic esters (lactones) is 1. The second kappa shape index (κ2) is 9.22. The Bertz CT molecular complexity index is 762. The Morgan fingerprint density at radius 1 is 1.07 bits per heavy atom. The van der Waals surface area contributed by atoms with Crippen molar-refractivity contribution < 1.29 is 19.7 Å². The Kier molecular flexibility index (Phi) is 6.70. The monoisotopic (exact) mass is 383 g/mol. The van der Waals surface area contributed by atoms with Crippen LogP contribution >= 0.6 is 0 Å². The molecular weight excluding hydrogens is 354 g/mol. The van der Waals surface area contributed by atoms with Crippen molar-refractivity contribution in [2.24, 2.45) is 0 Å². The third-order valence-electron chi connectivity index (χ3n) is 5.64. The fourth-order valence-electron chi connectivity index (χ4n) is 3.92. The number of ether oxygens (including phenoxy) is 1. The highest BCUT2D eigenvalue weighted by Crippen LogP contribution is 2.40. The zero-order valence-corrected chi connectivity index (χ0v) is 16.4. The number of hydrogen-bond donors (Lipinski definition) is 2. The van der Waals surface area contributed by atoms with Crippen molar-refractivity contribution in [1.29, 1.82) is 0 Å². The van der Waals surface area contributed by atoms with Crippen LogP contribution in [0.15, 0.2) is 54.6 Å². The molecule has 1 saturated heterocycles. The van der Waals surface area contributed by atoms with Crippen LogP contribution in [0.4, 0.5) is 4.79 Å². The molecule has 1 aliphatic rings. The molecule has 0 radical (unpaired) electrons. The number of rotatable bonds is 8. The maximum atomic E-state index is 12.9. The Hall–Kier alpha value is -2.37. The van der Waals surface area contributed by atoms with Crippen molar-refractivity contribution in [3.8, 4) is 0 Å². The van der Waals surface area contributed by atoms with Gasteiger partial charge in [0.25, 0.3) is 0 Å². The van der Waals surface area contributed by atoms with Gasteiger partial charge in [0, 0.05) is 26.2 Å². The fourth-order valence-corrected chi connectivity index (χ4v) is 3.92. The van der Waals surface area contributed by atoms with Crippen molar-refractivity contribution in [2.45, 2.75) is 44.2 Å². The molecule has 5 heteroatoms. The van der Waals surface area contributed by atoms with Crippen molar-refractivity contribution in [1.82, 2.24) is 4.90 Å². The van der Waals surface area contributed by atoms with Crippen LogP contribution < -0.4 is 0 Å². The average Bonchev–Trinajstić information content (AvgIpc) is 2.73. The van der Waals surface area contributed by atoms with E-state index in [2.05, 4.69) is 0 Å². The average molecular weight is 383 g/mol. The lowest BCUT2D eigenvalue weighted by Crippen LogP contribution is -2.48. The molecule has 150 valence electrons. The van der Waals surface area contributed by atoms with Gasteiger partial charge in [-0.25, -0.2) is 4.79 Å². The lowest BCUT2D eigenvalue weighted by Gasteiger charge is -2.43. The molecule has 1 unspecified atom stereocenters. The van der Waals surface area contributed by atoms with E-state index in [0.29, 0.717) is 32.2 Å². The van der Waals surface area contributed by atoms with E-state index in [4.69, 9.17) is 9.84 Å². The second-order valence-electron chi connectivity index (χ2n) is 7.39. The summed E-state index contributed by atoms with van der Waals surface area (Å²) in [5.74, 6) is 0. The van der Waals surface area contributed by atoms with E-state index < -0.39 is 5.60 Å². The maximum Gasteiger partial charge on any atom is 0.411 e. The molecule has 0 aromatic heterocycles. The van der Waals surface area contributed by atoms with E-state index >= 15 is 0 Å². The summed E-state index contributed by atoms with van der Waals surface area (Å²) in [5.41, 5.74) is 2.42. The van der Waals surface area contributed by atoms with Crippen LogP contribution in [-0.4, -0.2) is 41.0 Å². The van der Waals surface area contributed by atoms with Crippen molar-refractivity contribution in [2.75, 3.05) is 19.8 Å². The van der Waals surface area contributed by atoms with Gasteiger partial charge in [-0.2, -0.15) is 0 Å². The Morgan fingerprint density at radius 3 is 2.39 bits per heavy atom. The molecule has 3 rings (SSSR count). The fraction of sp³-hybridized carbons (Fsp3) is 0.435. The molecular formula is C23H29NO4. The van der Waals surface area contributed by atoms with E-state index in [1.807, 2.05) is 61.5 Å². The zero-order valence-electron chi connectivity index (χ0n) is 16.4. The topological polar surface area (TPSA) is 70.0 Å². The first-order valence-corrected chi connectivity index (χ1v) is 9.95. The van der Waals surface area contributed by atoms with Gasteiger partial charge in [-0.05, 0) is 42.9 Å². The molecule has 2 aromatic rings. The van der Waals surface area contributed by atoms with E-state index in [0.717, 1.165) is 16.7 Å².